The zero-order chi connectivity index (χ0) is 11.5. The molecular weight excluding hydrogens is 224 g/mol. The second kappa shape index (κ2) is 2.05. The van der Waals surface area contributed by atoms with Gasteiger partial charge in [-0.05, 0) is 72.0 Å². The summed E-state index contributed by atoms with van der Waals surface area (Å²) < 4.78 is 0. The molecule has 8 saturated carbocycles. The molecule has 10 atom stereocenters. The standard InChI is InChI=1S/C16H16O2/c17-15-13-7-3-1-4(3)8-11(7)12-9(13)5-2-6(5)10(12)14(8)16(15)18/h3-14H,1-2H2/t3-,4-,5-,6-,7-,8-,9+,10+,11?,12?,13?,14?/m0/s1. The fourth-order valence-electron chi connectivity index (χ4n) is 8.49. The second-order valence-corrected chi connectivity index (χ2v) is 8.37. The van der Waals surface area contributed by atoms with Crippen molar-refractivity contribution in [2.75, 3.05) is 0 Å². The fraction of sp³-hybridized carbons (Fsp3) is 0.875. The Bertz CT molecular complexity index is 483. The highest BCUT2D eigenvalue weighted by molar-refractivity contribution is 6.39. The molecule has 2 heteroatoms. The highest BCUT2D eigenvalue weighted by Crippen LogP contribution is 2.86. The molecule has 2 unspecified atom stereocenters. The minimum atomic E-state index is 0.100. The van der Waals surface area contributed by atoms with Crippen molar-refractivity contribution in [3.8, 4) is 0 Å². The molecule has 0 aromatic heterocycles. The van der Waals surface area contributed by atoms with Crippen LogP contribution < -0.4 is 0 Å². The van der Waals surface area contributed by atoms with E-state index < -0.39 is 0 Å². The smallest absolute Gasteiger partial charge is 0.202 e. The second-order valence-electron chi connectivity index (χ2n) is 8.37. The van der Waals surface area contributed by atoms with Gasteiger partial charge < -0.3 is 0 Å². The van der Waals surface area contributed by atoms with Crippen molar-refractivity contribution in [3.05, 3.63) is 0 Å². The van der Waals surface area contributed by atoms with Crippen molar-refractivity contribution in [2.24, 2.45) is 71.0 Å². The van der Waals surface area contributed by atoms with E-state index >= 15 is 0 Å². The first-order valence-corrected chi connectivity index (χ1v) is 7.87. The molecule has 92 valence electrons. The first-order valence-electron chi connectivity index (χ1n) is 7.87. The maximum absolute atomic E-state index is 12.6. The largest absolute Gasteiger partial charge is 0.291 e. The molecule has 0 amide bonds. The van der Waals surface area contributed by atoms with Crippen molar-refractivity contribution in [1.82, 2.24) is 0 Å². The van der Waals surface area contributed by atoms with E-state index in [2.05, 4.69) is 0 Å². The quantitative estimate of drug-likeness (QED) is 0.600. The lowest BCUT2D eigenvalue weighted by molar-refractivity contribution is -0.143. The van der Waals surface area contributed by atoms with Crippen LogP contribution in [0.25, 0.3) is 0 Å². The number of fused-ring (bicyclic) bond motifs is 3. The summed E-state index contributed by atoms with van der Waals surface area (Å²) >= 11 is 0. The van der Waals surface area contributed by atoms with Gasteiger partial charge in [0.15, 0.2) is 0 Å². The summed E-state index contributed by atoms with van der Waals surface area (Å²) in [6.07, 6.45) is 2.72. The number of Topliss-reactive ketones (excluding diaryl/α,β-unsaturated/α-hetero) is 2. The molecule has 8 fully saturated rings. The van der Waals surface area contributed by atoms with Gasteiger partial charge in [0, 0.05) is 11.8 Å². The Labute approximate surface area is 105 Å². The molecule has 18 heavy (non-hydrogen) atoms. The van der Waals surface area contributed by atoms with Crippen LogP contribution in [0.4, 0.5) is 0 Å². The van der Waals surface area contributed by atoms with Crippen LogP contribution >= 0.6 is 0 Å². The fourth-order valence-corrected chi connectivity index (χ4v) is 8.49. The Kier molecular flexibility index (Phi) is 0.967. The van der Waals surface area contributed by atoms with E-state index in [9.17, 15) is 9.59 Å². The average Bonchev–Trinajstić information content (AvgIpc) is 3.19. The number of carbonyl (C=O) groups excluding carboxylic acids is 2. The Balaban J connectivity index is 1.61. The minimum Gasteiger partial charge on any atom is -0.291 e. The van der Waals surface area contributed by atoms with Gasteiger partial charge in [-0.25, -0.2) is 0 Å². The summed E-state index contributed by atoms with van der Waals surface area (Å²) in [5, 5.41) is 0. The summed E-state index contributed by atoms with van der Waals surface area (Å²) in [5.74, 6) is 8.41. The third-order valence-corrected chi connectivity index (χ3v) is 8.49. The van der Waals surface area contributed by atoms with Gasteiger partial charge in [-0.1, -0.05) is 0 Å². The molecule has 2 nitrogen and oxygen atoms in total. The van der Waals surface area contributed by atoms with Gasteiger partial charge in [-0.15, -0.1) is 0 Å². The molecular formula is C16H16O2. The van der Waals surface area contributed by atoms with E-state index in [1.165, 1.54) is 12.8 Å². The van der Waals surface area contributed by atoms with Crippen molar-refractivity contribution in [3.63, 3.8) is 0 Å². The zero-order valence-electron chi connectivity index (χ0n) is 10.2. The van der Waals surface area contributed by atoms with Crippen LogP contribution in [0.1, 0.15) is 12.8 Å². The van der Waals surface area contributed by atoms with Crippen LogP contribution in [-0.2, 0) is 9.59 Å². The highest BCUT2D eigenvalue weighted by atomic mass is 16.2. The van der Waals surface area contributed by atoms with Crippen molar-refractivity contribution in [1.29, 1.82) is 0 Å². The number of rotatable bonds is 0. The monoisotopic (exact) mass is 240 g/mol. The molecule has 0 N–H and O–H groups in total. The van der Waals surface area contributed by atoms with E-state index in [4.69, 9.17) is 0 Å². The number of hydrogen-bond donors (Lipinski definition) is 0. The Hall–Kier alpha value is -0.660. The van der Waals surface area contributed by atoms with Gasteiger partial charge in [0.2, 0.25) is 11.6 Å². The average molecular weight is 240 g/mol. The third kappa shape index (κ3) is 0.556. The predicted molar refractivity (Wildman–Crippen MR) is 61.1 cm³/mol. The Morgan fingerprint density at radius 2 is 0.889 bits per heavy atom. The van der Waals surface area contributed by atoms with Crippen molar-refractivity contribution < 1.29 is 9.59 Å². The van der Waals surface area contributed by atoms with Crippen LogP contribution in [0.3, 0.4) is 0 Å². The molecule has 8 rings (SSSR count). The van der Waals surface area contributed by atoms with E-state index in [1.807, 2.05) is 0 Å². The number of carbonyl (C=O) groups is 2. The summed E-state index contributed by atoms with van der Waals surface area (Å²) in [7, 11) is 0. The highest BCUT2D eigenvalue weighted by Gasteiger charge is 2.85. The molecule has 8 aliphatic carbocycles. The van der Waals surface area contributed by atoms with Gasteiger partial charge in [-0.2, -0.15) is 0 Å². The molecule has 0 aromatic carbocycles. The van der Waals surface area contributed by atoms with Crippen LogP contribution in [0.15, 0.2) is 0 Å². The maximum Gasteiger partial charge on any atom is 0.202 e. The summed E-state index contributed by atoms with van der Waals surface area (Å²) in [6, 6.07) is 0. The van der Waals surface area contributed by atoms with E-state index in [0.717, 1.165) is 35.5 Å². The molecule has 0 heterocycles. The third-order valence-electron chi connectivity index (χ3n) is 8.49. The molecule has 0 saturated heterocycles. The Morgan fingerprint density at radius 1 is 0.556 bits per heavy atom. The molecule has 8 bridgehead atoms. The first kappa shape index (κ1) is 8.50. The van der Waals surface area contributed by atoms with E-state index in [0.29, 0.717) is 23.7 Å². The SMILES string of the molecule is O=C1C(=O)C2[C@@H]3C4C5[C@H](C1[C@H]4[C@H]1C[C@H]31)[C@H]1C[C@@H]1[C@@H]25. The van der Waals surface area contributed by atoms with Gasteiger partial charge in [-0.3, -0.25) is 9.59 Å². The van der Waals surface area contributed by atoms with Gasteiger partial charge in [0.25, 0.3) is 0 Å². The summed E-state index contributed by atoms with van der Waals surface area (Å²) in [4.78, 5) is 25.2. The van der Waals surface area contributed by atoms with Gasteiger partial charge in [0.05, 0.1) is 0 Å². The van der Waals surface area contributed by atoms with Crippen LogP contribution in [0, 0.1) is 71.0 Å². The summed E-state index contributed by atoms with van der Waals surface area (Å²) in [5.41, 5.74) is 0. The topological polar surface area (TPSA) is 34.1 Å². The lowest BCUT2D eigenvalue weighted by Crippen LogP contribution is -2.37. The number of hydrogen-bond acceptors (Lipinski definition) is 2. The zero-order valence-corrected chi connectivity index (χ0v) is 10.2. The van der Waals surface area contributed by atoms with Crippen LogP contribution in [-0.4, -0.2) is 11.6 Å². The number of ketones is 2. The van der Waals surface area contributed by atoms with E-state index in [1.54, 1.807) is 0 Å². The molecule has 0 radical (unpaired) electrons. The molecule has 8 aliphatic rings. The lowest BCUT2D eigenvalue weighted by Gasteiger charge is -2.24. The minimum absolute atomic E-state index is 0.100. The Morgan fingerprint density at radius 3 is 1.22 bits per heavy atom. The van der Waals surface area contributed by atoms with Gasteiger partial charge in [0.1, 0.15) is 0 Å². The maximum atomic E-state index is 12.6. The predicted octanol–water partition coefficient (Wildman–Crippen LogP) is 1.39. The van der Waals surface area contributed by atoms with E-state index in [-0.39, 0.29) is 23.4 Å². The normalized spacial score (nSPS) is 78.9. The first-order chi connectivity index (χ1) is 8.79. The van der Waals surface area contributed by atoms with Gasteiger partial charge >= 0.3 is 0 Å². The molecule has 0 spiro atoms. The summed E-state index contributed by atoms with van der Waals surface area (Å²) in [6.45, 7) is 0. The molecule has 0 aromatic rings. The lowest BCUT2D eigenvalue weighted by atomic mass is 9.77. The van der Waals surface area contributed by atoms with Crippen LogP contribution in [0.2, 0.25) is 0 Å². The van der Waals surface area contributed by atoms with Crippen molar-refractivity contribution >= 4 is 11.6 Å². The van der Waals surface area contributed by atoms with Crippen LogP contribution in [0.5, 0.6) is 0 Å². The van der Waals surface area contributed by atoms with Crippen molar-refractivity contribution in [2.45, 2.75) is 12.8 Å². The molecule has 0 aliphatic heterocycles.